The van der Waals surface area contributed by atoms with Gasteiger partial charge in [-0.05, 0) is 30.3 Å². The van der Waals surface area contributed by atoms with Gasteiger partial charge in [0, 0.05) is 11.9 Å². The topological polar surface area (TPSA) is 68.0 Å². The van der Waals surface area contributed by atoms with Gasteiger partial charge in [-0.3, -0.25) is 9.78 Å². The van der Waals surface area contributed by atoms with Gasteiger partial charge in [-0.25, -0.2) is 0 Å². The average molecular weight is 316 g/mol. The number of nitrogens with one attached hydrogen (secondary N) is 1. The van der Waals surface area contributed by atoms with E-state index < -0.39 is 17.6 Å². The summed E-state index contributed by atoms with van der Waals surface area (Å²) in [6, 6.07) is 6.24. The first-order valence-electron chi connectivity index (χ1n) is 5.67. The van der Waals surface area contributed by atoms with Crippen LogP contribution < -0.4 is 11.1 Å². The highest BCUT2D eigenvalue weighted by atomic mass is 35.5. The van der Waals surface area contributed by atoms with Crippen LogP contribution in [0, 0.1) is 0 Å². The van der Waals surface area contributed by atoms with Crippen molar-refractivity contribution in [1.82, 2.24) is 4.98 Å². The Labute approximate surface area is 122 Å². The minimum Gasteiger partial charge on any atom is -0.399 e. The van der Waals surface area contributed by atoms with Crippen molar-refractivity contribution >= 4 is 28.9 Å². The normalized spacial score (nSPS) is 11.2. The molecule has 0 radical (unpaired) electrons. The molecule has 0 aliphatic rings. The number of nitrogens with zero attached hydrogens (tertiary/aromatic N) is 1. The number of alkyl halides is 3. The van der Waals surface area contributed by atoms with E-state index in [9.17, 15) is 18.0 Å². The summed E-state index contributed by atoms with van der Waals surface area (Å²) < 4.78 is 37.2. The molecule has 0 aliphatic heterocycles. The van der Waals surface area contributed by atoms with Crippen molar-refractivity contribution in [2.75, 3.05) is 11.1 Å². The van der Waals surface area contributed by atoms with Gasteiger partial charge in [-0.15, -0.1) is 0 Å². The third-order valence-corrected chi connectivity index (χ3v) is 2.89. The summed E-state index contributed by atoms with van der Waals surface area (Å²) >= 11 is 5.87. The Kier molecular flexibility index (Phi) is 4.04. The van der Waals surface area contributed by atoms with Crippen LogP contribution in [-0.4, -0.2) is 10.9 Å². The van der Waals surface area contributed by atoms with Crippen LogP contribution in [0.2, 0.25) is 5.02 Å². The van der Waals surface area contributed by atoms with Crippen molar-refractivity contribution in [3.8, 4) is 0 Å². The summed E-state index contributed by atoms with van der Waals surface area (Å²) in [5.74, 6) is -0.684. The zero-order chi connectivity index (χ0) is 15.6. The summed E-state index contributed by atoms with van der Waals surface area (Å²) in [6.45, 7) is 0. The number of hydrogen-bond donors (Lipinski definition) is 2. The molecule has 8 heteroatoms. The molecule has 4 nitrogen and oxygen atoms in total. The molecular weight excluding hydrogens is 307 g/mol. The third-order valence-electron chi connectivity index (χ3n) is 2.56. The fraction of sp³-hybridized carbons (Fsp3) is 0.0769. The average Bonchev–Trinajstić information content (AvgIpc) is 2.42. The Balaban J connectivity index is 2.19. The monoisotopic (exact) mass is 315 g/mol. The van der Waals surface area contributed by atoms with Crippen molar-refractivity contribution < 1.29 is 18.0 Å². The van der Waals surface area contributed by atoms with Crippen molar-refractivity contribution in [2.24, 2.45) is 0 Å². The molecule has 0 unspecified atom stereocenters. The second-order valence-electron chi connectivity index (χ2n) is 4.12. The first kappa shape index (κ1) is 15.1. The van der Waals surface area contributed by atoms with Crippen LogP contribution in [0.3, 0.4) is 0 Å². The lowest BCUT2D eigenvalue weighted by Gasteiger charge is -2.09. The maximum atomic E-state index is 12.4. The van der Waals surface area contributed by atoms with Crippen LogP contribution in [0.4, 0.5) is 24.5 Å². The predicted octanol–water partition coefficient (Wildman–Crippen LogP) is 3.59. The molecule has 0 atom stereocenters. The van der Waals surface area contributed by atoms with Crippen LogP contribution >= 0.6 is 11.6 Å². The predicted molar refractivity (Wildman–Crippen MR) is 73.1 cm³/mol. The van der Waals surface area contributed by atoms with E-state index in [0.717, 1.165) is 12.1 Å². The lowest BCUT2D eigenvalue weighted by molar-refractivity contribution is -0.137. The zero-order valence-electron chi connectivity index (χ0n) is 10.4. The Morgan fingerprint density at radius 3 is 2.52 bits per heavy atom. The number of amides is 1. The Morgan fingerprint density at radius 2 is 1.95 bits per heavy atom. The standard InChI is InChI=1S/C13H9ClF3N3O/c14-9-3-2-8(18)5-11(9)20-12(21)10-4-1-7(6-19-10)13(15,16)17/h1-6H,18H2,(H,20,21). The SMILES string of the molecule is Nc1ccc(Cl)c(NC(=O)c2ccc(C(F)(F)F)cn2)c1. The number of nitrogens with two attached hydrogens (primary N) is 1. The molecule has 2 aromatic rings. The molecule has 110 valence electrons. The molecular formula is C13H9ClF3N3O. The molecule has 21 heavy (non-hydrogen) atoms. The van der Waals surface area contributed by atoms with Gasteiger partial charge in [0.15, 0.2) is 0 Å². The molecule has 0 fully saturated rings. The van der Waals surface area contributed by atoms with Gasteiger partial charge in [0.05, 0.1) is 16.3 Å². The molecule has 0 aliphatic carbocycles. The minimum atomic E-state index is -4.50. The first-order valence-corrected chi connectivity index (χ1v) is 6.05. The van der Waals surface area contributed by atoms with E-state index in [0.29, 0.717) is 11.9 Å². The second-order valence-corrected chi connectivity index (χ2v) is 4.53. The Morgan fingerprint density at radius 1 is 1.24 bits per heavy atom. The van der Waals surface area contributed by atoms with E-state index >= 15 is 0 Å². The molecule has 0 saturated heterocycles. The van der Waals surface area contributed by atoms with Crippen molar-refractivity contribution in [3.63, 3.8) is 0 Å². The van der Waals surface area contributed by atoms with Gasteiger partial charge in [-0.1, -0.05) is 11.6 Å². The summed E-state index contributed by atoms with van der Waals surface area (Å²) in [6.07, 6.45) is -3.91. The number of anilines is 2. The quantitative estimate of drug-likeness (QED) is 0.832. The highest BCUT2D eigenvalue weighted by Gasteiger charge is 2.30. The van der Waals surface area contributed by atoms with E-state index in [4.69, 9.17) is 17.3 Å². The van der Waals surface area contributed by atoms with Gasteiger partial charge in [-0.2, -0.15) is 13.2 Å². The molecule has 0 saturated carbocycles. The number of rotatable bonds is 2. The van der Waals surface area contributed by atoms with E-state index in [2.05, 4.69) is 10.3 Å². The summed E-state index contributed by atoms with van der Waals surface area (Å²) in [5, 5.41) is 2.69. The van der Waals surface area contributed by atoms with E-state index in [1.807, 2.05) is 0 Å². The van der Waals surface area contributed by atoms with Crippen molar-refractivity contribution in [1.29, 1.82) is 0 Å². The van der Waals surface area contributed by atoms with Crippen molar-refractivity contribution in [3.05, 3.63) is 52.8 Å². The van der Waals surface area contributed by atoms with Crippen LogP contribution in [-0.2, 0) is 6.18 Å². The van der Waals surface area contributed by atoms with Gasteiger partial charge in [0.1, 0.15) is 5.69 Å². The summed E-state index contributed by atoms with van der Waals surface area (Å²) in [4.78, 5) is 15.4. The van der Waals surface area contributed by atoms with Gasteiger partial charge in [0.2, 0.25) is 0 Å². The Bertz CT molecular complexity index is 671. The first-order chi connectivity index (χ1) is 9.77. The van der Waals surface area contributed by atoms with Crippen LogP contribution in [0.5, 0.6) is 0 Å². The number of aromatic nitrogens is 1. The maximum absolute atomic E-state index is 12.4. The lowest BCUT2D eigenvalue weighted by Crippen LogP contribution is -2.15. The highest BCUT2D eigenvalue weighted by Crippen LogP contribution is 2.28. The number of hydrogen-bond acceptors (Lipinski definition) is 3. The smallest absolute Gasteiger partial charge is 0.399 e. The highest BCUT2D eigenvalue weighted by molar-refractivity contribution is 6.34. The van der Waals surface area contributed by atoms with Crippen molar-refractivity contribution in [2.45, 2.75) is 6.18 Å². The molecule has 1 heterocycles. The van der Waals surface area contributed by atoms with Crippen LogP contribution in [0.25, 0.3) is 0 Å². The number of pyridine rings is 1. The molecule has 2 rings (SSSR count). The Hall–Kier alpha value is -2.28. The van der Waals surface area contributed by atoms with Crippen LogP contribution in [0.1, 0.15) is 16.1 Å². The third kappa shape index (κ3) is 3.63. The zero-order valence-corrected chi connectivity index (χ0v) is 11.2. The minimum absolute atomic E-state index is 0.165. The second kappa shape index (κ2) is 5.61. The number of halogens is 4. The summed E-state index contributed by atoms with van der Waals surface area (Å²) in [5.41, 5.74) is 5.10. The van der Waals surface area contributed by atoms with Gasteiger partial charge >= 0.3 is 6.18 Å². The molecule has 0 bridgehead atoms. The van der Waals surface area contributed by atoms with Gasteiger partial charge < -0.3 is 11.1 Å². The van der Waals surface area contributed by atoms with Gasteiger partial charge in [0.25, 0.3) is 5.91 Å². The van der Waals surface area contributed by atoms with E-state index in [1.165, 1.54) is 12.1 Å². The fourth-order valence-electron chi connectivity index (χ4n) is 1.52. The van der Waals surface area contributed by atoms with Crippen LogP contribution in [0.15, 0.2) is 36.5 Å². The lowest BCUT2D eigenvalue weighted by atomic mass is 10.2. The molecule has 1 aromatic heterocycles. The molecule has 0 spiro atoms. The maximum Gasteiger partial charge on any atom is 0.417 e. The molecule has 1 amide bonds. The number of carbonyl (C=O) groups is 1. The fourth-order valence-corrected chi connectivity index (χ4v) is 1.69. The number of nitrogen functional groups attached to an aromatic ring is 1. The largest absolute Gasteiger partial charge is 0.417 e. The number of carbonyl (C=O) groups excluding carboxylic acids is 1. The molecule has 3 N–H and O–H groups in total. The van der Waals surface area contributed by atoms with E-state index in [1.54, 1.807) is 6.07 Å². The van der Waals surface area contributed by atoms with E-state index in [-0.39, 0.29) is 16.4 Å². The molecule has 1 aromatic carbocycles. The summed E-state index contributed by atoms with van der Waals surface area (Å²) in [7, 11) is 0. The number of benzene rings is 1.